The summed E-state index contributed by atoms with van der Waals surface area (Å²) in [6.07, 6.45) is 4.99. The highest BCUT2D eigenvalue weighted by atomic mass is 32.2. The number of nitrogens with zero attached hydrogens (tertiary/aromatic N) is 4. The maximum absolute atomic E-state index is 13.8. The second-order valence-electron chi connectivity index (χ2n) is 8.51. The van der Waals surface area contributed by atoms with Crippen LogP contribution in [0.5, 0.6) is 0 Å². The molecule has 0 amide bonds. The van der Waals surface area contributed by atoms with Crippen molar-refractivity contribution >= 4 is 37.9 Å². The third-order valence-corrected chi connectivity index (χ3v) is 7.25. The van der Waals surface area contributed by atoms with Gasteiger partial charge in [0.1, 0.15) is 5.82 Å². The van der Waals surface area contributed by atoms with E-state index in [9.17, 15) is 17.6 Å². The Kier molecular flexibility index (Phi) is 6.00. The number of aromatic nitrogens is 2. The van der Waals surface area contributed by atoms with Crippen LogP contribution >= 0.6 is 0 Å². The van der Waals surface area contributed by atoms with E-state index in [2.05, 4.69) is 19.8 Å². The van der Waals surface area contributed by atoms with Gasteiger partial charge in [-0.05, 0) is 46.8 Å². The Bertz CT molecular complexity index is 1640. The van der Waals surface area contributed by atoms with Crippen molar-refractivity contribution in [1.29, 1.82) is 0 Å². The van der Waals surface area contributed by atoms with Crippen molar-refractivity contribution in [3.05, 3.63) is 93.8 Å². The Balaban J connectivity index is 1.48. The van der Waals surface area contributed by atoms with Crippen LogP contribution in [-0.2, 0) is 22.3 Å². The minimum Gasteiger partial charge on any atom is -0.299 e. The molecule has 2 aromatic heterocycles. The van der Waals surface area contributed by atoms with Gasteiger partial charge in [-0.2, -0.15) is 5.10 Å². The average Bonchev–Trinajstić information content (AvgIpc) is 3.22. The number of pyridine rings is 2. The Morgan fingerprint density at radius 1 is 1.11 bits per heavy atom. The standard InChI is InChI=1S/C25H22FN5O3S/c1-31-14-19(12-29-31)18-10-21-23(28-11-18)7-6-17-5-4-16(9-20(17)25(21)32)15-35(33,34)30-13-24-22(26)3-2-8-27-24/h2-12,19,30H,13-15H2,1H3. The topological polar surface area (TPSA) is 105 Å². The quantitative estimate of drug-likeness (QED) is 0.445. The van der Waals surface area contributed by atoms with Gasteiger partial charge in [0.05, 0.1) is 23.5 Å². The largest absolute Gasteiger partial charge is 0.299 e. The van der Waals surface area contributed by atoms with Crippen molar-refractivity contribution in [2.24, 2.45) is 5.10 Å². The van der Waals surface area contributed by atoms with Crippen molar-refractivity contribution in [3.8, 4) is 0 Å². The molecule has 0 fully saturated rings. The lowest BCUT2D eigenvalue weighted by atomic mass is 10.0. The van der Waals surface area contributed by atoms with E-state index < -0.39 is 15.8 Å². The summed E-state index contributed by atoms with van der Waals surface area (Å²) in [6, 6.07) is 13.1. The molecule has 1 atom stereocenters. The molecule has 1 unspecified atom stereocenters. The zero-order valence-electron chi connectivity index (χ0n) is 18.8. The first-order chi connectivity index (χ1) is 16.8. The summed E-state index contributed by atoms with van der Waals surface area (Å²) in [6.45, 7) is 0.446. The molecule has 0 spiro atoms. The predicted molar refractivity (Wildman–Crippen MR) is 133 cm³/mol. The highest BCUT2D eigenvalue weighted by Crippen LogP contribution is 2.23. The van der Waals surface area contributed by atoms with E-state index in [1.807, 2.05) is 24.3 Å². The normalized spacial score (nSPS) is 15.8. The molecule has 4 aromatic rings. The number of halogens is 1. The van der Waals surface area contributed by atoms with Crippen molar-refractivity contribution in [2.45, 2.75) is 18.2 Å². The Morgan fingerprint density at radius 3 is 2.71 bits per heavy atom. The molecule has 5 rings (SSSR count). The molecule has 1 aliphatic heterocycles. The summed E-state index contributed by atoms with van der Waals surface area (Å²) < 4.78 is 41.4. The number of hydrazone groups is 1. The lowest BCUT2D eigenvalue weighted by Gasteiger charge is -2.10. The number of benzene rings is 1. The van der Waals surface area contributed by atoms with Gasteiger partial charge in [0.2, 0.25) is 10.0 Å². The third kappa shape index (κ3) is 4.89. The second kappa shape index (κ2) is 9.12. The molecule has 0 bridgehead atoms. The lowest BCUT2D eigenvalue weighted by molar-refractivity contribution is 0.381. The van der Waals surface area contributed by atoms with Gasteiger partial charge in [0.15, 0.2) is 5.43 Å². The van der Waals surface area contributed by atoms with Crippen LogP contribution in [0.1, 0.15) is 22.7 Å². The van der Waals surface area contributed by atoms with Crippen LogP contribution in [0.2, 0.25) is 0 Å². The van der Waals surface area contributed by atoms with Gasteiger partial charge in [-0.15, -0.1) is 0 Å². The summed E-state index contributed by atoms with van der Waals surface area (Å²) in [5.41, 5.74) is 1.69. The summed E-state index contributed by atoms with van der Waals surface area (Å²) in [5, 5.41) is 7.63. The molecule has 1 aliphatic rings. The van der Waals surface area contributed by atoms with E-state index in [1.54, 1.807) is 36.5 Å². The van der Waals surface area contributed by atoms with Gasteiger partial charge in [0, 0.05) is 48.9 Å². The maximum atomic E-state index is 13.8. The zero-order valence-corrected chi connectivity index (χ0v) is 19.7. The molecule has 10 heteroatoms. The van der Waals surface area contributed by atoms with Crippen molar-refractivity contribution < 1.29 is 12.8 Å². The van der Waals surface area contributed by atoms with Gasteiger partial charge in [-0.3, -0.25) is 19.8 Å². The van der Waals surface area contributed by atoms with E-state index in [4.69, 9.17) is 0 Å². The number of hydrogen-bond donors (Lipinski definition) is 1. The predicted octanol–water partition coefficient (Wildman–Crippen LogP) is 2.92. The molecule has 35 heavy (non-hydrogen) atoms. The third-order valence-electron chi connectivity index (χ3n) is 5.95. The highest BCUT2D eigenvalue weighted by Gasteiger charge is 2.18. The number of nitrogens with one attached hydrogen (secondary N) is 1. The van der Waals surface area contributed by atoms with Crippen LogP contribution in [0.3, 0.4) is 0 Å². The smallest absolute Gasteiger partial charge is 0.216 e. The van der Waals surface area contributed by atoms with Crippen molar-refractivity contribution in [1.82, 2.24) is 19.7 Å². The molecule has 178 valence electrons. The van der Waals surface area contributed by atoms with Crippen molar-refractivity contribution in [2.75, 3.05) is 13.6 Å². The Hall–Kier alpha value is -3.76. The van der Waals surface area contributed by atoms with Crippen LogP contribution in [0, 0.1) is 5.82 Å². The molecular formula is C25H22FN5O3S. The number of hydrogen-bond acceptors (Lipinski definition) is 7. The average molecular weight is 492 g/mol. The number of likely N-dealkylation sites (N-methyl/N-ethyl adjacent to an activating group) is 1. The van der Waals surface area contributed by atoms with Crippen LogP contribution in [0.4, 0.5) is 4.39 Å². The fourth-order valence-corrected chi connectivity index (χ4v) is 5.20. The minimum absolute atomic E-state index is 0.0109. The molecular weight excluding hydrogens is 469 g/mol. The number of fused-ring (bicyclic) bond motifs is 2. The molecule has 3 heterocycles. The number of sulfonamides is 1. The van der Waals surface area contributed by atoms with Crippen molar-refractivity contribution in [3.63, 3.8) is 0 Å². The zero-order chi connectivity index (χ0) is 24.6. The summed E-state index contributed by atoms with van der Waals surface area (Å²) >= 11 is 0. The second-order valence-corrected chi connectivity index (χ2v) is 10.3. The molecule has 0 radical (unpaired) electrons. The van der Waals surface area contributed by atoms with Gasteiger partial charge >= 0.3 is 0 Å². The SMILES string of the molecule is CN1CC(c2cnc3ccc4ccc(CS(=O)(=O)NCc5ncccc5F)cc4c(=O)c3c2)C=N1. The van der Waals surface area contributed by atoms with E-state index in [1.165, 1.54) is 18.3 Å². The lowest BCUT2D eigenvalue weighted by Crippen LogP contribution is -2.25. The van der Waals surface area contributed by atoms with E-state index in [0.29, 0.717) is 33.8 Å². The molecule has 2 aromatic carbocycles. The maximum Gasteiger partial charge on any atom is 0.216 e. The Labute approximate surface area is 201 Å². The highest BCUT2D eigenvalue weighted by molar-refractivity contribution is 7.88. The molecule has 0 saturated carbocycles. The minimum atomic E-state index is -3.80. The summed E-state index contributed by atoms with van der Waals surface area (Å²) in [4.78, 5) is 21.8. The first kappa shape index (κ1) is 23.0. The molecule has 1 N–H and O–H groups in total. The number of rotatable bonds is 6. The van der Waals surface area contributed by atoms with E-state index in [0.717, 1.165) is 5.56 Å². The fraction of sp³-hybridized carbons (Fsp3) is 0.200. The molecule has 0 saturated heterocycles. The van der Waals surface area contributed by atoms with Crippen LogP contribution in [0.15, 0.2) is 70.8 Å². The van der Waals surface area contributed by atoms with Crippen LogP contribution < -0.4 is 10.2 Å². The summed E-state index contributed by atoms with van der Waals surface area (Å²) in [7, 11) is -1.92. The fourth-order valence-electron chi connectivity index (χ4n) is 4.12. The van der Waals surface area contributed by atoms with E-state index in [-0.39, 0.29) is 29.3 Å². The first-order valence-corrected chi connectivity index (χ1v) is 12.6. The van der Waals surface area contributed by atoms with Gasteiger partial charge in [-0.1, -0.05) is 18.2 Å². The van der Waals surface area contributed by atoms with Gasteiger partial charge < -0.3 is 0 Å². The molecule has 0 aliphatic carbocycles. The monoisotopic (exact) mass is 491 g/mol. The van der Waals surface area contributed by atoms with Gasteiger partial charge in [0.25, 0.3) is 0 Å². The van der Waals surface area contributed by atoms with E-state index >= 15 is 0 Å². The summed E-state index contributed by atoms with van der Waals surface area (Å²) in [5.74, 6) is -0.898. The Morgan fingerprint density at radius 2 is 1.94 bits per heavy atom. The first-order valence-electron chi connectivity index (χ1n) is 11.0. The molecule has 8 nitrogen and oxygen atoms in total. The van der Waals surface area contributed by atoms with Crippen LogP contribution in [-0.4, -0.2) is 43.2 Å². The van der Waals surface area contributed by atoms with Gasteiger partial charge in [-0.25, -0.2) is 17.5 Å². The van der Waals surface area contributed by atoms with Crippen LogP contribution in [0.25, 0.3) is 21.7 Å².